The maximum Gasteiger partial charge on any atom is 0.287 e. The maximum absolute atomic E-state index is 12.3. The van der Waals surface area contributed by atoms with Crippen molar-refractivity contribution in [2.45, 2.75) is 19.8 Å². The summed E-state index contributed by atoms with van der Waals surface area (Å²) < 4.78 is 16.3. The van der Waals surface area contributed by atoms with Gasteiger partial charge in [0.05, 0.1) is 13.7 Å². The molecule has 3 rings (SSSR count). The van der Waals surface area contributed by atoms with Gasteiger partial charge in [0.1, 0.15) is 5.75 Å². The Balaban J connectivity index is 1.51. The third kappa shape index (κ3) is 4.17. The monoisotopic (exact) mass is 353 g/mol. The van der Waals surface area contributed by atoms with Crippen molar-refractivity contribution in [3.63, 3.8) is 0 Å². The van der Waals surface area contributed by atoms with Crippen LogP contribution in [-0.2, 0) is 6.42 Å². The predicted octanol–water partition coefficient (Wildman–Crippen LogP) is 4.20. The molecule has 0 saturated heterocycles. The van der Waals surface area contributed by atoms with Crippen LogP contribution in [0.4, 0.5) is 0 Å². The first kappa shape index (κ1) is 17.9. The number of furan rings is 1. The fourth-order valence-corrected chi connectivity index (χ4v) is 2.81. The fourth-order valence-electron chi connectivity index (χ4n) is 2.81. The van der Waals surface area contributed by atoms with Gasteiger partial charge in [-0.1, -0.05) is 24.3 Å². The molecule has 26 heavy (non-hydrogen) atoms. The Morgan fingerprint density at radius 2 is 1.96 bits per heavy atom. The zero-order valence-corrected chi connectivity index (χ0v) is 15.1. The average molecular weight is 353 g/mol. The van der Waals surface area contributed by atoms with E-state index in [1.54, 1.807) is 13.2 Å². The molecule has 0 fully saturated rings. The lowest BCUT2D eigenvalue weighted by Crippen LogP contribution is -2.24. The molecule has 0 aliphatic carbocycles. The first-order chi connectivity index (χ1) is 12.7. The minimum Gasteiger partial charge on any atom is -0.494 e. The lowest BCUT2D eigenvalue weighted by Gasteiger charge is -2.06. The minimum absolute atomic E-state index is 0.213. The Hall–Kier alpha value is -2.95. The van der Waals surface area contributed by atoms with E-state index >= 15 is 0 Å². The van der Waals surface area contributed by atoms with E-state index in [1.165, 1.54) is 5.56 Å². The molecule has 0 bridgehead atoms. The number of fused-ring (bicyclic) bond motifs is 1. The summed E-state index contributed by atoms with van der Waals surface area (Å²) in [6, 6.07) is 15.4. The van der Waals surface area contributed by atoms with Crippen molar-refractivity contribution in [3.8, 4) is 11.5 Å². The molecule has 0 radical (unpaired) electrons. The molecule has 0 unspecified atom stereocenters. The van der Waals surface area contributed by atoms with Crippen LogP contribution in [0.3, 0.4) is 0 Å². The van der Waals surface area contributed by atoms with Crippen molar-refractivity contribution in [2.75, 3.05) is 20.3 Å². The summed E-state index contributed by atoms with van der Waals surface area (Å²) in [6.07, 6.45) is 1.74. The molecule has 1 amide bonds. The Labute approximate surface area is 152 Å². The van der Waals surface area contributed by atoms with Gasteiger partial charge in [-0.3, -0.25) is 4.79 Å². The van der Waals surface area contributed by atoms with Crippen molar-refractivity contribution in [1.82, 2.24) is 5.32 Å². The number of carbonyl (C=O) groups excluding carboxylic acids is 1. The topological polar surface area (TPSA) is 60.7 Å². The average Bonchev–Trinajstić information content (AvgIpc) is 3.11. The van der Waals surface area contributed by atoms with E-state index in [0.29, 0.717) is 30.2 Å². The smallest absolute Gasteiger partial charge is 0.287 e. The molecule has 5 nitrogen and oxygen atoms in total. The third-order valence-electron chi connectivity index (χ3n) is 4.11. The number of carbonyl (C=O) groups is 1. The molecule has 2 aromatic carbocycles. The van der Waals surface area contributed by atoms with Crippen LogP contribution in [0.5, 0.6) is 11.5 Å². The number of para-hydroxylation sites is 1. The lowest BCUT2D eigenvalue weighted by molar-refractivity contribution is 0.0927. The van der Waals surface area contributed by atoms with Crippen molar-refractivity contribution < 1.29 is 18.7 Å². The Kier molecular flexibility index (Phi) is 5.79. The van der Waals surface area contributed by atoms with Crippen molar-refractivity contribution in [3.05, 3.63) is 59.9 Å². The molecule has 0 aliphatic heterocycles. The molecule has 0 spiro atoms. The van der Waals surface area contributed by atoms with Gasteiger partial charge in [-0.15, -0.1) is 0 Å². The summed E-state index contributed by atoms with van der Waals surface area (Å²) in [5.74, 6) is 1.59. The van der Waals surface area contributed by atoms with E-state index in [2.05, 4.69) is 17.4 Å². The van der Waals surface area contributed by atoms with Gasteiger partial charge in [0.15, 0.2) is 17.1 Å². The summed E-state index contributed by atoms with van der Waals surface area (Å²) in [5.41, 5.74) is 1.81. The van der Waals surface area contributed by atoms with E-state index in [4.69, 9.17) is 13.9 Å². The maximum atomic E-state index is 12.3. The highest BCUT2D eigenvalue weighted by molar-refractivity contribution is 5.97. The lowest BCUT2D eigenvalue weighted by atomic mass is 10.1. The van der Waals surface area contributed by atoms with Crippen LogP contribution in [0.1, 0.15) is 29.5 Å². The Morgan fingerprint density at radius 1 is 1.15 bits per heavy atom. The van der Waals surface area contributed by atoms with Crippen LogP contribution >= 0.6 is 0 Å². The quantitative estimate of drug-likeness (QED) is 0.617. The first-order valence-corrected chi connectivity index (χ1v) is 8.77. The number of hydrogen-bond donors (Lipinski definition) is 1. The van der Waals surface area contributed by atoms with Gasteiger partial charge in [-0.05, 0) is 49.6 Å². The van der Waals surface area contributed by atoms with E-state index in [1.807, 2.05) is 37.3 Å². The summed E-state index contributed by atoms with van der Waals surface area (Å²) in [4.78, 5) is 12.3. The number of amides is 1. The van der Waals surface area contributed by atoms with E-state index in [0.717, 1.165) is 24.0 Å². The second kappa shape index (κ2) is 8.43. The highest BCUT2D eigenvalue weighted by Crippen LogP contribution is 2.28. The van der Waals surface area contributed by atoms with E-state index in [-0.39, 0.29) is 5.91 Å². The molecule has 1 aromatic heterocycles. The number of methoxy groups -OCH3 is 1. The molecule has 1 N–H and O–H groups in total. The molecule has 0 aliphatic rings. The van der Waals surface area contributed by atoms with Gasteiger partial charge in [0.2, 0.25) is 0 Å². The largest absolute Gasteiger partial charge is 0.494 e. The summed E-state index contributed by atoms with van der Waals surface area (Å²) >= 11 is 0. The van der Waals surface area contributed by atoms with Gasteiger partial charge < -0.3 is 19.2 Å². The second-order valence-electron chi connectivity index (χ2n) is 5.93. The molecule has 3 aromatic rings. The van der Waals surface area contributed by atoms with Crippen LogP contribution < -0.4 is 14.8 Å². The number of aryl methyl sites for hydroxylation is 1. The van der Waals surface area contributed by atoms with Gasteiger partial charge >= 0.3 is 0 Å². The zero-order valence-electron chi connectivity index (χ0n) is 15.1. The summed E-state index contributed by atoms with van der Waals surface area (Å²) in [7, 11) is 1.58. The van der Waals surface area contributed by atoms with Crippen LogP contribution in [0.15, 0.2) is 52.9 Å². The zero-order chi connectivity index (χ0) is 18.4. The minimum atomic E-state index is -0.213. The second-order valence-corrected chi connectivity index (χ2v) is 5.93. The Bertz CT molecular complexity index is 867. The fraction of sp³-hybridized carbons (Fsp3) is 0.286. The van der Waals surface area contributed by atoms with Crippen LogP contribution in [0.25, 0.3) is 11.0 Å². The van der Waals surface area contributed by atoms with Crippen LogP contribution in [0.2, 0.25) is 0 Å². The highest BCUT2D eigenvalue weighted by atomic mass is 16.5. The number of hydrogen-bond acceptors (Lipinski definition) is 4. The molecule has 5 heteroatoms. The Morgan fingerprint density at radius 3 is 2.69 bits per heavy atom. The van der Waals surface area contributed by atoms with Crippen molar-refractivity contribution >= 4 is 16.9 Å². The molecular weight excluding hydrogens is 330 g/mol. The van der Waals surface area contributed by atoms with E-state index in [9.17, 15) is 4.79 Å². The highest BCUT2D eigenvalue weighted by Gasteiger charge is 2.14. The molecule has 1 heterocycles. The van der Waals surface area contributed by atoms with Crippen LogP contribution in [-0.4, -0.2) is 26.2 Å². The summed E-state index contributed by atoms with van der Waals surface area (Å²) in [5, 5.41) is 3.75. The number of benzene rings is 2. The van der Waals surface area contributed by atoms with Crippen molar-refractivity contribution in [1.29, 1.82) is 0 Å². The van der Waals surface area contributed by atoms with Crippen LogP contribution in [0, 0.1) is 0 Å². The summed E-state index contributed by atoms with van der Waals surface area (Å²) in [6.45, 7) is 3.22. The molecule has 136 valence electrons. The predicted molar refractivity (Wildman–Crippen MR) is 101 cm³/mol. The third-order valence-corrected chi connectivity index (χ3v) is 4.11. The van der Waals surface area contributed by atoms with Gasteiger partial charge in [0, 0.05) is 11.9 Å². The number of nitrogens with one attached hydrogen (secondary N) is 1. The SMILES string of the molecule is CCOc1ccc(CCCNC(=O)c2cc3cccc(OC)c3o2)cc1. The molecular formula is C21H23NO4. The molecule has 0 saturated carbocycles. The molecule has 0 atom stereocenters. The normalized spacial score (nSPS) is 10.7. The van der Waals surface area contributed by atoms with E-state index < -0.39 is 0 Å². The van der Waals surface area contributed by atoms with Crippen molar-refractivity contribution in [2.24, 2.45) is 0 Å². The standard InChI is InChI=1S/C21H23NO4/c1-3-25-17-11-9-15(10-12-17)6-5-13-22-21(23)19-14-16-7-4-8-18(24-2)20(16)26-19/h4,7-12,14H,3,5-6,13H2,1-2H3,(H,22,23). The number of rotatable bonds is 8. The number of ether oxygens (including phenoxy) is 2. The first-order valence-electron chi connectivity index (χ1n) is 8.77. The van der Waals surface area contributed by atoms with Gasteiger partial charge in [-0.2, -0.15) is 0 Å². The van der Waals surface area contributed by atoms with Gasteiger partial charge in [-0.25, -0.2) is 0 Å². The van der Waals surface area contributed by atoms with Gasteiger partial charge in [0.25, 0.3) is 5.91 Å².